The largest absolute Gasteiger partial charge is 0.329 e. The van der Waals surface area contributed by atoms with Crippen molar-refractivity contribution in [1.82, 2.24) is 5.32 Å². The Bertz CT molecular complexity index is 452. The zero-order valence-electron chi connectivity index (χ0n) is 10.2. The Kier molecular flexibility index (Phi) is 4.95. The second-order valence-electron chi connectivity index (χ2n) is 3.81. The summed E-state index contributed by atoms with van der Waals surface area (Å²) < 4.78 is 0. The maximum atomic E-state index is 11.7. The third-order valence-electron chi connectivity index (χ3n) is 2.31. The van der Waals surface area contributed by atoms with E-state index in [1.54, 1.807) is 18.4 Å². The van der Waals surface area contributed by atoms with E-state index in [2.05, 4.69) is 11.9 Å². The zero-order valence-corrected chi connectivity index (χ0v) is 10.2. The quantitative estimate of drug-likeness (QED) is 0.785. The number of nitrogens with one attached hydrogen (secondary N) is 1. The van der Waals surface area contributed by atoms with Crippen molar-refractivity contribution in [3.05, 3.63) is 72.0 Å². The van der Waals surface area contributed by atoms with Crippen molar-refractivity contribution in [3.8, 4) is 0 Å². The maximum absolute atomic E-state index is 11.7. The monoisotopic (exact) mass is 227 g/mol. The molecule has 0 aliphatic carbocycles. The van der Waals surface area contributed by atoms with Gasteiger partial charge in [0.05, 0.1) is 0 Å². The molecule has 1 aromatic carbocycles. The molecule has 2 nitrogen and oxygen atoms in total. The zero-order chi connectivity index (χ0) is 12.7. The van der Waals surface area contributed by atoms with Crippen LogP contribution in [0.1, 0.15) is 22.8 Å². The fraction of sp³-hybridized carbons (Fsp3) is 0.133. The Morgan fingerprint density at radius 3 is 2.53 bits per heavy atom. The van der Waals surface area contributed by atoms with Crippen molar-refractivity contribution in [2.45, 2.75) is 13.8 Å². The van der Waals surface area contributed by atoms with Crippen LogP contribution in [0.4, 0.5) is 0 Å². The van der Waals surface area contributed by atoms with Gasteiger partial charge in [-0.1, -0.05) is 42.0 Å². The summed E-state index contributed by atoms with van der Waals surface area (Å²) in [5.74, 6) is -0.106. The van der Waals surface area contributed by atoms with Gasteiger partial charge in [-0.25, -0.2) is 0 Å². The highest BCUT2D eigenvalue weighted by Gasteiger charge is 2.00. The Morgan fingerprint density at radius 2 is 1.94 bits per heavy atom. The van der Waals surface area contributed by atoms with Crippen molar-refractivity contribution < 1.29 is 4.79 Å². The Labute approximate surface area is 102 Å². The molecule has 0 aromatic heterocycles. The molecule has 2 heteroatoms. The predicted octanol–water partition coefficient (Wildman–Crippen LogP) is 3.37. The minimum absolute atomic E-state index is 0.106. The Balaban J connectivity index is 2.56. The van der Waals surface area contributed by atoms with Crippen LogP contribution in [0.25, 0.3) is 0 Å². The van der Waals surface area contributed by atoms with Gasteiger partial charge in [0, 0.05) is 11.8 Å². The van der Waals surface area contributed by atoms with Gasteiger partial charge in [-0.3, -0.25) is 4.79 Å². The minimum Gasteiger partial charge on any atom is -0.329 e. The van der Waals surface area contributed by atoms with Gasteiger partial charge in [0.2, 0.25) is 0 Å². The SMILES string of the molecule is C=C/C(C)=C\C=C\NC(=O)c1ccc(C)cc1. The van der Waals surface area contributed by atoms with Crippen LogP contribution in [-0.2, 0) is 0 Å². The van der Waals surface area contributed by atoms with E-state index in [-0.39, 0.29) is 5.91 Å². The van der Waals surface area contributed by atoms with Crippen LogP contribution in [0.3, 0.4) is 0 Å². The molecule has 0 saturated carbocycles. The molecule has 0 heterocycles. The topological polar surface area (TPSA) is 29.1 Å². The Hall–Kier alpha value is -2.09. The van der Waals surface area contributed by atoms with Gasteiger partial charge in [-0.05, 0) is 32.1 Å². The van der Waals surface area contributed by atoms with Gasteiger partial charge in [-0.15, -0.1) is 0 Å². The Morgan fingerprint density at radius 1 is 1.29 bits per heavy atom. The molecule has 17 heavy (non-hydrogen) atoms. The second-order valence-corrected chi connectivity index (χ2v) is 3.81. The molecule has 1 aromatic rings. The lowest BCUT2D eigenvalue weighted by molar-refractivity contribution is 0.0970. The first-order valence-corrected chi connectivity index (χ1v) is 5.47. The van der Waals surface area contributed by atoms with E-state index in [1.165, 1.54) is 0 Å². The number of amides is 1. The van der Waals surface area contributed by atoms with E-state index in [1.807, 2.05) is 44.2 Å². The molecule has 0 spiro atoms. The third kappa shape index (κ3) is 4.51. The maximum Gasteiger partial charge on any atom is 0.255 e. The van der Waals surface area contributed by atoms with E-state index in [4.69, 9.17) is 0 Å². The van der Waals surface area contributed by atoms with Crippen molar-refractivity contribution in [1.29, 1.82) is 0 Å². The second kappa shape index (κ2) is 6.48. The molecule has 0 radical (unpaired) electrons. The molecule has 1 rings (SSSR count). The van der Waals surface area contributed by atoms with Gasteiger partial charge in [0.15, 0.2) is 0 Å². The molecule has 0 saturated heterocycles. The summed E-state index contributed by atoms with van der Waals surface area (Å²) in [6, 6.07) is 7.45. The normalized spacial score (nSPS) is 11.5. The van der Waals surface area contributed by atoms with Gasteiger partial charge < -0.3 is 5.32 Å². The van der Waals surface area contributed by atoms with Crippen LogP contribution < -0.4 is 5.32 Å². The summed E-state index contributed by atoms with van der Waals surface area (Å²) in [4.78, 5) is 11.7. The van der Waals surface area contributed by atoms with Crippen LogP contribution in [0.15, 0.2) is 60.8 Å². The average molecular weight is 227 g/mol. The van der Waals surface area contributed by atoms with Crippen LogP contribution in [0, 0.1) is 6.92 Å². The first-order chi connectivity index (χ1) is 8.13. The molecule has 88 valence electrons. The number of allylic oxidation sites excluding steroid dienone is 4. The standard InChI is InChI=1S/C15H17NO/c1-4-12(2)6-5-11-16-15(17)14-9-7-13(3)8-10-14/h4-11H,1H2,2-3H3,(H,16,17)/b11-5+,12-6-. The first-order valence-electron chi connectivity index (χ1n) is 5.47. The fourth-order valence-corrected chi connectivity index (χ4v) is 1.18. The van der Waals surface area contributed by atoms with Crippen LogP contribution in [0.2, 0.25) is 0 Å². The van der Waals surface area contributed by atoms with Crippen LogP contribution in [-0.4, -0.2) is 5.91 Å². The lowest BCUT2D eigenvalue weighted by atomic mass is 10.1. The average Bonchev–Trinajstić information content (AvgIpc) is 2.34. The smallest absolute Gasteiger partial charge is 0.255 e. The number of aryl methyl sites for hydroxylation is 1. The number of hydrogen-bond acceptors (Lipinski definition) is 1. The van der Waals surface area contributed by atoms with Gasteiger partial charge >= 0.3 is 0 Å². The van der Waals surface area contributed by atoms with Crippen molar-refractivity contribution >= 4 is 5.91 Å². The van der Waals surface area contributed by atoms with Crippen LogP contribution in [0.5, 0.6) is 0 Å². The third-order valence-corrected chi connectivity index (χ3v) is 2.31. The number of carbonyl (C=O) groups excluding carboxylic acids is 1. The molecule has 1 N–H and O–H groups in total. The summed E-state index contributed by atoms with van der Waals surface area (Å²) in [7, 11) is 0. The van der Waals surface area contributed by atoms with E-state index in [0.717, 1.165) is 11.1 Å². The molecule has 0 atom stereocenters. The highest BCUT2D eigenvalue weighted by Crippen LogP contribution is 2.02. The van der Waals surface area contributed by atoms with Crippen molar-refractivity contribution in [2.24, 2.45) is 0 Å². The van der Waals surface area contributed by atoms with E-state index in [9.17, 15) is 4.79 Å². The minimum atomic E-state index is -0.106. The molecule has 0 fully saturated rings. The number of hydrogen-bond donors (Lipinski definition) is 1. The molecule has 0 aliphatic heterocycles. The summed E-state index contributed by atoms with van der Waals surface area (Å²) >= 11 is 0. The van der Waals surface area contributed by atoms with Gasteiger partial charge in [-0.2, -0.15) is 0 Å². The molecule has 0 aliphatic rings. The molecule has 0 unspecified atom stereocenters. The summed E-state index contributed by atoms with van der Waals surface area (Å²) in [6.07, 6.45) is 7.03. The van der Waals surface area contributed by atoms with Crippen molar-refractivity contribution in [2.75, 3.05) is 0 Å². The highest BCUT2D eigenvalue weighted by atomic mass is 16.1. The predicted molar refractivity (Wildman–Crippen MR) is 71.7 cm³/mol. The lowest BCUT2D eigenvalue weighted by Gasteiger charge is -2.00. The molecular formula is C15H17NO. The van der Waals surface area contributed by atoms with E-state index in [0.29, 0.717) is 5.56 Å². The summed E-state index contributed by atoms with van der Waals surface area (Å²) in [6.45, 7) is 7.57. The number of benzene rings is 1. The number of rotatable bonds is 4. The van der Waals surface area contributed by atoms with Gasteiger partial charge in [0.1, 0.15) is 0 Å². The van der Waals surface area contributed by atoms with Crippen molar-refractivity contribution in [3.63, 3.8) is 0 Å². The molecule has 0 bridgehead atoms. The fourth-order valence-electron chi connectivity index (χ4n) is 1.18. The van der Waals surface area contributed by atoms with Crippen LogP contribution >= 0.6 is 0 Å². The van der Waals surface area contributed by atoms with Gasteiger partial charge in [0.25, 0.3) is 5.91 Å². The number of carbonyl (C=O) groups is 1. The molecular weight excluding hydrogens is 210 g/mol. The first kappa shape index (κ1) is 13.0. The molecule has 1 amide bonds. The summed E-state index contributed by atoms with van der Waals surface area (Å²) in [5.41, 5.74) is 2.84. The lowest BCUT2D eigenvalue weighted by Crippen LogP contribution is -2.16. The van der Waals surface area contributed by atoms with E-state index >= 15 is 0 Å². The summed E-state index contributed by atoms with van der Waals surface area (Å²) in [5, 5.41) is 2.70. The highest BCUT2D eigenvalue weighted by molar-refractivity contribution is 5.94. The van der Waals surface area contributed by atoms with E-state index < -0.39 is 0 Å².